The Hall–Kier alpha value is -3.72. The Morgan fingerprint density at radius 2 is 0.538 bits per heavy atom. The highest BCUT2D eigenvalue weighted by molar-refractivity contribution is 9.11. The van der Waals surface area contributed by atoms with Crippen LogP contribution in [0.2, 0.25) is 0 Å². The topological polar surface area (TPSA) is 0 Å². The zero-order chi connectivity index (χ0) is 37.5. The van der Waals surface area contributed by atoms with E-state index in [2.05, 4.69) is 63.7 Å². The van der Waals surface area contributed by atoms with Gasteiger partial charge >= 0.3 is 0 Å². The predicted octanol–water partition coefficient (Wildman–Crippen LogP) is 15.1. The Morgan fingerprint density at radius 1 is 0.288 bits per heavy atom. The SMILES string of the molecule is Fc1c(F)c(F)c(-c2c(Br)c(-c3cc4ccccc4cc3Br)c(-c3c(F)c(F)c(F)c(F)c3F)c(Br)c2-c2cc3ccccc3cc2Br)c(F)c1F. The number of hydrogen-bond donors (Lipinski definition) is 0. The van der Waals surface area contributed by atoms with Crippen molar-refractivity contribution in [1.29, 1.82) is 0 Å². The van der Waals surface area contributed by atoms with Crippen LogP contribution in [0.25, 0.3) is 66.1 Å². The fourth-order valence-electron chi connectivity index (χ4n) is 6.12. The summed E-state index contributed by atoms with van der Waals surface area (Å²) >= 11 is 13.3. The van der Waals surface area contributed by atoms with Crippen molar-refractivity contribution in [2.75, 3.05) is 0 Å². The van der Waals surface area contributed by atoms with Crippen LogP contribution in [0.1, 0.15) is 0 Å². The molecule has 0 saturated carbocycles. The maximum Gasteiger partial charge on any atom is 0.200 e. The fraction of sp³-hybridized carbons (Fsp3) is 0. The molecule has 0 bridgehead atoms. The fourth-order valence-corrected chi connectivity index (χ4v) is 8.86. The van der Waals surface area contributed by atoms with Gasteiger partial charge in [0.05, 0.1) is 11.1 Å². The van der Waals surface area contributed by atoms with E-state index in [1.807, 2.05) is 0 Å². The molecule has 0 amide bonds. The summed E-state index contributed by atoms with van der Waals surface area (Å²) in [5.41, 5.74) is -5.24. The molecule has 0 saturated heterocycles. The molecule has 262 valence electrons. The molecule has 0 aliphatic carbocycles. The van der Waals surface area contributed by atoms with Crippen LogP contribution in [-0.4, -0.2) is 0 Å². The summed E-state index contributed by atoms with van der Waals surface area (Å²) in [6, 6.07) is 19.4. The summed E-state index contributed by atoms with van der Waals surface area (Å²) in [7, 11) is 0. The van der Waals surface area contributed by atoms with E-state index < -0.39 is 100 Å². The second kappa shape index (κ2) is 13.6. The van der Waals surface area contributed by atoms with E-state index in [1.165, 1.54) is 12.1 Å². The average Bonchev–Trinajstić information content (AvgIpc) is 3.13. The van der Waals surface area contributed by atoms with Crippen LogP contribution >= 0.6 is 63.7 Å². The standard InChI is InChI=1S/C38H12Br4F10/c39-19-11-15-7-3-1-5-13(15)9-17(19)21-23(25-29(43)33(47)37(51)34(48)30(25)44)28(42)22(18-10-14-6-2-4-8-16(14)12-20(18)40)24(27(21)41)26-31(45)35(49)38(52)36(50)32(26)46/h1-12H. The summed E-state index contributed by atoms with van der Waals surface area (Å²) in [5, 5.41) is 2.24. The lowest BCUT2D eigenvalue weighted by molar-refractivity contribution is 0.381. The maximum absolute atomic E-state index is 15.9. The summed E-state index contributed by atoms with van der Waals surface area (Å²) in [6.07, 6.45) is 0. The van der Waals surface area contributed by atoms with Gasteiger partial charge in [-0.15, -0.1) is 0 Å². The molecule has 0 spiro atoms. The molecule has 7 aromatic carbocycles. The first-order valence-corrected chi connectivity index (χ1v) is 17.8. The highest BCUT2D eigenvalue weighted by Crippen LogP contribution is 2.57. The normalized spacial score (nSPS) is 11.7. The molecule has 0 aliphatic rings. The zero-order valence-corrected chi connectivity index (χ0v) is 31.6. The van der Waals surface area contributed by atoms with E-state index in [9.17, 15) is 26.3 Å². The van der Waals surface area contributed by atoms with Crippen LogP contribution in [0.3, 0.4) is 0 Å². The molecular weight excluding hydrogens is 966 g/mol. The van der Waals surface area contributed by atoms with Crippen molar-refractivity contribution in [3.63, 3.8) is 0 Å². The minimum Gasteiger partial charge on any atom is -0.203 e. The molecule has 7 rings (SSSR count). The van der Waals surface area contributed by atoms with E-state index in [1.54, 1.807) is 60.7 Å². The molecule has 0 fully saturated rings. The summed E-state index contributed by atoms with van der Waals surface area (Å²) in [5.74, 6) is -23.1. The quantitative estimate of drug-likeness (QED) is 0.0937. The average molecular weight is 978 g/mol. The highest BCUT2D eigenvalue weighted by atomic mass is 79.9. The number of fused-ring (bicyclic) bond motifs is 2. The van der Waals surface area contributed by atoms with Gasteiger partial charge in [0.2, 0.25) is 11.6 Å². The molecule has 0 radical (unpaired) electrons. The highest BCUT2D eigenvalue weighted by Gasteiger charge is 2.37. The van der Waals surface area contributed by atoms with Gasteiger partial charge in [-0.2, -0.15) is 0 Å². The monoisotopic (exact) mass is 974 g/mol. The molecule has 0 heterocycles. The van der Waals surface area contributed by atoms with Gasteiger partial charge < -0.3 is 0 Å². The van der Waals surface area contributed by atoms with E-state index >= 15 is 17.6 Å². The van der Waals surface area contributed by atoms with E-state index in [-0.39, 0.29) is 20.1 Å². The smallest absolute Gasteiger partial charge is 0.200 e. The molecule has 14 heteroatoms. The third-order valence-electron chi connectivity index (χ3n) is 8.51. The Kier molecular flexibility index (Phi) is 9.58. The number of rotatable bonds is 4. The van der Waals surface area contributed by atoms with E-state index in [0.717, 1.165) is 0 Å². The van der Waals surface area contributed by atoms with E-state index in [0.29, 0.717) is 21.5 Å². The van der Waals surface area contributed by atoms with Gasteiger partial charge in [-0.05, 0) is 88.8 Å². The Bertz CT molecular complexity index is 2450. The van der Waals surface area contributed by atoms with Crippen molar-refractivity contribution in [2.45, 2.75) is 0 Å². The lowest BCUT2D eigenvalue weighted by atomic mass is 9.84. The van der Waals surface area contributed by atoms with Crippen molar-refractivity contribution < 1.29 is 43.9 Å². The van der Waals surface area contributed by atoms with Crippen LogP contribution in [0.5, 0.6) is 0 Å². The molecule has 7 aromatic rings. The van der Waals surface area contributed by atoms with Crippen LogP contribution in [0.4, 0.5) is 43.9 Å². The van der Waals surface area contributed by atoms with Crippen molar-refractivity contribution in [3.8, 4) is 44.5 Å². The molecule has 0 N–H and O–H groups in total. The second-order valence-electron chi connectivity index (χ2n) is 11.4. The maximum atomic E-state index is 15.9. The van der Waals surface area contributed by atoms with Crippen LogP contribution in [0.15, 0.2) is 90.7 Å². The van der Waals surface area contributed by atoms with Gasteiger partial charge in [0.1, 0.15) is 0 Å². The molecule has 0 nitrogen and oxygen atoms in total. The molecule has 0 atom stereocenters. The van der Waals surface area contributed by atoms with Crippen molar-refractivity contribution in [3.05, 3.63) is 149 Å². The van der Waals surface area contributed by atoms with E-state index in [4.69, 9.17) is 0 Å². The summed E-state index contributed by atoms with van der Waals surface area (Å²) < 4.78 is 152. The van der Waals surface area contributed by atoms with Gasteiger partial charge in [-0.25, -0.2) is 43.9 Å². The van der Waals surface area contributed by atoms with Gasteiger partial charge in [0, 0.05) is 40.1 Å². The van der Waals surface area contributed by atoms with Gasteiger partial charge in [0.15, 0.2) is 46.5 Å². The van der Waals surface area contributed by atoms with Crippen molar-refractivity contribution in [1.82, 2.24) is 0 Å². The van der Waals surface area contributed by atoms with Crippen molar-refractivity contribution in [2.24, 2.45) is 0 Å². The predicted molar refractivity (Wildman–Crippen MR) is 194 cm³/mol. The second-order valence-corrected chi connectivity index (χ2v) is 14.7. The van der Waals surface area contributed by atoms with Gasteiger partial charge in [-0.1, -0.05) is 80.4 Å². The Labute approximate surface area is 320 Å². The Balaban J connectivity index is 1.80. The van der Waals surface area contributed by atoms with Crippen LogP contribution < -0.4 is 0 Å². The number of halogens is 14. The zero-order valence-electron chi connectivity index (χ0n) is 25.2. The first-order chi connectivity index (χ1) is 24.6. The van der Waals surface area contributed by atoms with Crippen LogP contribution in [-0.2, 0) is 0 Å². The third kappa shape index (κ3) is 5.59. The minimum absolute atomic E-state index is 0.0283. The summed E-state index contributed by atoms with van der Waals surface area (Å²) in [4.78, 5) is 0. The van der Waals surface area contributed by atoms with Crippen LogP contribution in [0, 0.1) is 58.2 Å². The Morgan fingerprint density at radius 3 is 0.827 bits per heavy atom. The largest absolute Gasteiger partial charge is 0.203 e. The lowest BCUT2D eigenvalue weighted by Gasteiger charge is -2.26. The first kappa shape index (κ1) is 36.6. The summed E-state index contributed by atoms with van der Waals surface area (Å²) in [6.45, 7) is 0. The molecule has 0 unspecified atom stereocenters. The first-order valence-electron chi connectivity index (χ1n) is 14.6. The third-order valence-corrected chi connectivity index (χ3v) is 11.4. The number of hydrogen-bond acceptors (Lipinski definition) is 0. The minimum atomic E-state index is -2.45. The molecular formula is C38H12Br4F10. The molecule has 0 aliphatic heterocycles. The van der Waals surface area contributed by atoms with Gasteiger partial charge in [-0.3, -0.25) is 0 Å². The molecule has 0 aromatic heterocycles. The lowest BCUT2D eigenvalue weighted by Crippen LogP contribution is -2.09. The number of benzene rings is 7. The molecule has 52 heavy (non-hydrogen) atoms. The van der Waals surface area contributed by atoms with Gasteiger partial charge in [0.25, 0.3) is 0 Å². The van der Waals surface area contributed by atoms with Crippen molar-refractivity contribution >= 4 is 85.3 Å².